The van der Waals surface area contributed by atoms with Gasteiger partial charge in [-0.05, 0) is 0 Å². The van der Waals surface area contributed by atoms with E-state index in [-0.39, 0.29) is 0 Å². The van der Waals surface area contributed by atoms with Crippen molar-refractivity contribution in [1.29, 1.82) is 0 Å². The van der Waals surface area contributed by atoms with E-state index in [4.69, 9.17) is 0 Å². The molecule has 0 saturated heterocycles. The van der Waals surface area contributed by atoms with Crippen LogP contribution in [0.2, 0.25) is 0 Å². The molecule has 0 amide bonds. The average molecular weight is 292 g/mol. The first-order valence-electron chi connectivity index (χ1n) is 6.50. The molecule has 2 aromatic rings. The van der Waals surface area contributed by atoms with E-state index in [9.17, 15) is 0 Å². The summed E-state index contributed by atoms with van der Waals surface area (Å²) in [5.74, 6) is 1.97. The molecule has 0 aliphatic carbocycles. The smallest absolute Gasteiger partial charge is 0.224 e. The van der Waals surface area contributed by atoms with Gasteiger partial charge in [-0.15, -0.1) is 0 Å². The van der Waals surface area contributed by atoms with Crippen molar-refractivity contribution in [2.45, 2.75) is 26.3 Å². The predicted octanol–water partition coefficient (Wildman–Crippen LogP) is 2.15. The van der Waals surface area contributed by atoms with E-state index in [1.54, 1.807) is 0 Å². The zero-order valence-electron chi connectivity index (χ0n) is 12.5. The Balaban J connectivity index is 2.04. The molecule has 0 aliphatic rings. The van der Waals surface area contributed by atoms with Gasteiger partial charge in [0.05, 0.1) is 0 Å². The summed E-state index contributed by atoms with van der Waals surface area (Å²) in [4.78, 5) is 17.1. The van der Waals surface area contributed by atoms with Gasteiger partial charge in [0.2, 0.25) is 11.1 Å². The summed E-state index contributed by atoms with van der Waals surface area (Å²) in [5, 5.41) is 0.922. The molecule has 0 aliphatic heterocycles. The fourth-order valence-corrected chi connectivity index (χ4v) is 2.38. The van der Waals surface area contributed by atoms with E-state index >= 15 is 0 Å². The van der Waals surface area contributed by atoms with Crippen LogP contribution in [0.25, 0.3) is 0 Å². The molecule has 0 saturated carbocycles. The summed E-state index contributed by atoms with van der Waals surface area (Å²) in [6.07, 6.45) is 3.70. The molecule has 0 atom stereocenters. The Labute approximate surface area is 123 Å². The van der Waals surface area contributed by atoms with Crippen molar-refractivity contribution in [3.05, 3.63) is 23.8 Å². The highest BCUT2D eigenvalue weighted by atomic mass is 32.1. The molecule has 20 heavy (non-hydrogen) atoms. The minimum atomic E-state index is 0.358. The van der Waals surface area contributed by atoms with Gasteiger partial charge in [0, 0.05) is 63.1 Å². The van der Waals surface area contributed by atoms with Crippen LogP contribution < -0.4 is 9.80 Å². The van der Waals surface area contributed by atoms with Crippen molar-refractivity contribution in [3.63, 3.8) is 0 Å². The van der Waals surface area contributed by atoms with E-state index in [1.807, 2.05) is 38.4 Å². The van der Waals surface area contributed by atoms with E-state index in [1.165, 1.54) is 11.5 Å². The molecule has 7 heteroatoms. The summed E-state index contributed by atoms with van der Waals surface area (Å²) in [7, 11) is 5.86. The molecule has 2 rings (SSSR count). The molecule has 0 N–H and O–H groups in total. The number of rotatable bonds is 5. The minimum absolute atomic E-state index is 0.358. The Hall–Kier alpha value is -1.76. The second kappa shape index (κ2) is 6.13. The van der Waals surface area contributed by atoms with Gasteiger partial charge in [-0.25, -0.2) is 15.0 Å². The standard InChI is InChI=1S/C13H20N6S/c1-9(2)11-16-13(20-17-11)19(5)8-10-6-14-12(15-7-10)18(3)4/h6-7,9H,8H2,1-5H3. The lowest BCUT2D eigenvalue weighted by Gasteiger charge is -2.15. The van der Waals surface area contributed by atoms with Crippen LogP contribution in [-0.4, -0.2) is 40.5 Å². The number of nitrogens with zero attached hydrogens (tertiary/aromatic N) is 6. The van der Waals surface area contributed by atoms with Crippen molar-refractivity contribution in [3.8, 4) is 0 Å². The van der Waals surface area contributed by atoms with Crippen molar-refractivity contribution in [2.24, 2.45) is 0 Å². The molecule has 0 bridgehead atoms. The Bertz CT molecular complexity index is 548. The fourth-order valence-electron chi connectivity index (χ4n) is 1.62. The summed E-state index contributed by atoms with van der Waals surface area (Å²) in [5.41, 5.74) is 1.05. The molecule has 0 spiro atoms. The lowest BCUT2D eigenvalue weighted by Crippen LogP contribution is -2.17. The SMILES string of the molecule is CC(C)c1nsc(N(C)Cc2cnc(N(C)C)nc2)n1. The maximum atomic E-state index is 4.54. The normalized spacial score (nSPS) is 10.9. The lowest BCUT2D eigenvalue weighted by molar-refractivity contribution is 0.791. The number of aromatic nitrogens is 4. The topological polar surface area (TPSA) is 58.0 Å². The van der Waals surface area contributed by atoms with E-state index < -0.39 is 0 Å². The monoisotopic (exact) mass is 292 g/mol. The van der Waals surface area contributed by atoms with Crippen LogP contribution in [0, 0.1) is 0 Å². The molecular weight excluding hydrogens is 272 g/mol. The maximum Gasteiger partial charge on any atom is 0.224 e. The van der Waals surface area contributed by atoms with Crippen molar-refractivity contribution >= 4 is 22.6 Å². The molecule has 6 nitrogen and oxygen atoms in total. The Morgan fingerprint density at radius 1 is 1.15 bits per heavy atom. The highest BCUT2D eigenvalue weighted by molar-refractivity contribution is 7.09. The molecule has 2 aromatic heterocycles. The quantitative estimate of drug-likeness (QED) is 0.841. The first-order valence-corrected chi connectivity index (χ1v) is 7.27. The van der Waals surface area contributed by atoms with Gasteiger partial charge >= 0.3 is 0 Å². The van der Waals surface area contributed by atoms with Gasteiger partial charge < -0.3 is 9.80 Å². The summed E-state index contributed by atoms with van der Waals surface area (Å²) in [6, 6.07) is 0. The Kier molecular flexibility index (Phi) is 4.49. The first kappa shape index (κ1) is 14.6. The third-order valence-corrected chi connectivity index (χ3v) is 3.63. The van der Waals surface area contributed by atoms with Crippen LogP contribution in [0.15, 0.2) is 12.4 Å². The molecule has 0 radical (unpaired) electrons. The van der Waals surface area contributed by atoms with Crippen LogP contribution in [0.1, 0.15) is 31.2 Å². The second-order valence-electron chi connectivity index (χ2n) is 5.23. The van der Waals surface area contributed by atoms with Gasteiger partial charge in [0.1, 0.15) is 5.82 Å². The highest BCUT2D eigenvalue weighted by Gasteiger charge is 2.12. The molecule has 0 fully saturated rings. The molecule has 2 heterocycles. The lowest BCUT2D eigenvalue weighted by atomic mass is 10.2. The third-order valence-electron chi connectivity index (χ3n) is 2.79. The van der Waals surface area contributed by atoms with Gasteiger partial charge in [0.15, 0.2) is 0 Å². The third kappa shape index (κ3) is 3.41. The van der Waals surface area contributed by atoms with Crippen molar-refractivity contribution in [1.82, 2.24) is 19.3 Å². The summed E-state index contributed by atoms with van der Waals surface area (Å²) in [6.45, 7) is 4.92. The van der Waals surface area contributed by atoms with Crippen LogP contribution in [0.4, 0.5) is 11.1 Å². The summed E-state index contributed by atoms with van der Waals surface area (Å²) >= 11 is 1.43. The van der Waals surface area contributed by atoms with Crippen LogP contribution >= 0.6 is 11.5 Å². The van der Waals surface area contributed by atoms with Crippen LogP contribution in [0.5, 0.6) is 0 Å². The Morgan fingerprint density at radius 2 is 1.80 bits per heavy atom. The van der Waals surface area contributed by atoms with Crippen molar-refractivity contribution < 1.29 is 0 Å². The average Bonchev–Trinajstić information content (AvgIpc) is 2.89. The molecular formula is C13H20N6S. The highest BCUT2D eigenvalue weighted by Crippen LogP contribution is 2.21. The zero-order chi connectivity index (χ0) is 14.7. The summed E-state index contributed by atoms with van der Waals surface area (Å²) < 4.78 is 4.37. The second-order valence-corrected chi connectivity index (χ2v) is 5.96. The van der Waals surface area contributed by atoms with E-state index in [2.05, 4.69) is 38.1 Å². The van der Waals surface area contributed by atoms with Gasteiger partial charge in [-0.1, -0.05) is 13.8 Å². The van der Waals surface area contributed by atoms with Crippen LogP contribution in [0.3, 0.4) is 0 Å². The van der Waals surface area contributed by atoms with Gasteiger partial charge in [-0.2, -0.15) is 4.37 Å². The van der Waals surface area contributed by atoms with Crippen LogP contribution in [-0.2, 0) is 6.54 Å². The van der Waals surface area contributed by atoms with Crippen molar-refractivity contribution in [2.75, 3.05) is 30.9 Å². The molecule has 108 valence electrons. The van der Waals surface area contributed by atoms with E-state index in [0.717, 1.165) is 29.0 Å². The number of hydrogen-bond donors (Lipinski definition) is 0. The molecule has 0 unspecified atom stereocenters. The maximum absolute atomic E-state index is 4.54. The number of anilines is 2. The predicted molar refractivity (Wildman–Crippen MR) is 82.5 cm³/mol. The number of hydrogen-bond acceptors (Lipinski definition) is 7. The first-order chi connectivity index (χ1) is 9.47. The fraction of sp³-hybridized carbons (Fsp3) is 0.538. The Morgan fingerprint density at radius 3 is 2.30 bits per heavy atom. The van der Waals surface area contributed by atoms with Gasteiger partial charge in [-0.3, -0.25) is 0 Å². The molecule has 0 aromatic carbocycles. The largest absolute Gasteiger partial charge is 0.347 e. The zero-order valence-corrected chi connectivity index (χ0v) is 13.3. The minimum Gasteiger partial charge on any atom is -0.347 e. The van der Waals surface area contributed by atoms with Gasteiger partial charge in [0.25, 0.3) is 0 Å². The van der Waals surface area contributed by atoms with E-state index in [0.29, 0.717) is 5.92 Å².